The Morgan fingerprint density at radius 3 is 2.64 bits per heavy atom. The van der Waals surface area contributed by atoms with Crippen molar-refractivity contribution in [1.82, 2.24) is 9.88 Å². The van der Waals surface area contributed by atoms with Gasteiger partial charge in [-0.2, -0.15) is 0 Å². The molecule has 0 aromatic carbocycles. The van der Waals surface area contributed by atoms with Crippen molar-refractivity contribution in [2.45, 2.75) is 6.92 Å². The first-order valence-corrected chi connectivity index (χ1v) is 4.41. The maximum Gasteiger partial charge on any atom is 0.188 e. The fourth-order valence-corrected chi connectivity index (χ4v) is 0.927. The van der Waals surface area contributed by atoms with Gasteiger partial charge in [0.05, 0.1) is 0 Å². The lowest BCUT2D eigenvalue weighted by molar-refractivity contribution is 0.104. The van der Waals surface area contributed by atoms with Gasteiger partial charge in [0.1, 0.15) is 0 Å². The van der Waals surface area contributed by atoms with Crippen LogP contribution in [-0.4, -0.2) is 29.8 Å². The van der Waals surface area contributed by atoms with Crippen molar-refractivity contribution in [3.63, 3.8) is 0 Å². The van der Waals surface area contributed by atoms with Gasteiger partial charge in [0.15, 0.2) is 5.78 Å². The highest BCUT2D eigenvalue weighted by Gasteiger charge is 2.00. The van der Waals surface area contributed by atoms with Gasteiger partial charge < -0.3 is 4.90 Å². The summed E-state index contributed by atoms with van der Waals surface area (Å²) in [7, 11) is 3.74. The van der Waals surface area contributed by atoms with Crippen molar-refractivity contribution in [2.75, 3.05) is 14.1 Å². The number of carbonyl (C=O) groups is 1. The maximum absolute atomic E-state index is 11.5. The predicted molar refractivity (Wildman–Crippen MR) is 56.1 cm³/mol. The summed E-state index contributed by atoms with van der Waals surface area (Å²) in [6, 6.07) is 3.61. The first-order chi connectivity index (χ1) is 6.59. The number of hydrogen-bond donors (Lipinski definition) is 0. The molecule has 0 saturated heterocycles. The Morgan fingerprint density at radius 2 is 2.14 bits per heavy atom. The Morgan fingerprint density at radius 1 is 1.43 bits per heavy atom. The van der Waals surface area contributed by atoms with Crippen LogP contribution in [0.15, 0.2) is 30.6 Å². The van der Waals surface area contributed by atoms with E-state index in [2.05, 4.69) is 4.98 Å². The number of rotatable bonds is 3. The Hall–Kier alpha value is -1.64. The number of nitrogens with zero attached hydrogens (tertiary/aromatic N) is 2. The van der Waals surface area contributed by atoms with Crippen molar-refractivity contribution >= 4 is 5.78 Å². The van der Waals surface area contributed by atoms with Crippen LogP contribution in [0.3, 0.4) is 0 Å². The van der Waals surface area contributed by atoms with Crippen molar-refractivity contribution in [3.8, 4) is 0 Å². The Labute approximate surface area is 84.1 Å². The molecule has 0 amide bonds. The zero-order valence-electron chi connectivity index (χ0n) is 8.69. The molecule has 0 aliphatic heterocycles. The number of aryl methyl sites for hydroxylation is 1. The van der Waals surface area contributed by atoms with Gasteiger partial charge in [-0.3, -0.25) is 9.78 Å². The minimum atomic E-state index is -0.0220. The molecule has 1 aromatic rings. The van der Waals surface area contributed by atoms with E-state index in [1.54, 1.807) is 18.5 Å². The standard InChI is InChI=1S/C11H14N2O/c1-9-4-5-10(8-12-9)11(14)6-7-13(2)3/h4-8H,1-3H3/b7-6+. The first kappa shape index (κ1) is 10.4. The zero-order chi connectivity index (χ0) is 10.6. The van der Waals surface area contributed by atoms with E-state index in [0.29, 0.717) is 5.56 Å². The molecule has 0 saturated carbocycles. The maximum atomic E-state index is 11.5. The van der Waals surface area contributed by atoms with E-state index in [-0.39, 0.29) is 5.78 Å². The second-order valence-electron chi connectivity index (χ2n) is 3.33. The van der Waals surface area contributed by atoms with Gasteiger partial charge in [-0.05, 0) is 19.1 Å². The number of allylic oxidation sites excluding steroid dienone is 1. The zero-order valence-corrected chi connectivity index (χ0v) is 8.69. The molecule has 0 spiro atoms. The molecule has 1 heterocycles. The summed E-state index contributed by atoms with van der Waals surface area (Å²) in [6.07, 6.45) is 4.85. The van der Waals surface area contributed by atoms with E-state index in [4.69, 9.17) is 0 Å². The average molecular weight is 190 g/mol. The molecule has 1 aromatic heterocycles. The molecule has 1 rings (SSSR count). The van der Waals surface area contributed by atoms with Crippen LogP contribution in [0.25, 0.3) is 0 Å². The van der Waals surface area contributed by atoms with Gasteiger partial charge in [-0.1, -0.05) is 0 Å². The molecule has 0 bridgehead atoms. The summed E-state index contributed by atoms with van der Waals surface area (Å²) >= 11 is 0. The average Bonchev–Trinajstić information content (AvgIpc) is 2.15. The van der Waals surface area contributed by atoms with Crippen LogP contribution in [-0.2, 0) is 0 Å². The molecule has 0 atom stereocenters. The number of hydrogen-bond acceptors (Lipinski definition) is 3. The summed E-state index contributed by atoms with van der Waals surface area (Å²) in [4.78, 5) is 17.4. The van der Waals surface area contributed by atoms with E-state index in [0.717, 1.165) is 5.69 Å². The van der Waals surface area contributed by atoms with Gasteiger partial charge in [0.25, 0.3) is 0 Å². The summed E-state index contributed by atoms with van der Waals surface area (Å²) in [6.45, 7) is 1.89. The highest BCUT2D eigenvalue weighted by Crippen LogP contribution is 2.01. The molecular weight excluding hydrogens is 176 g/mol. The summed E-state index contributed by atoms with van der Waals surface area (Å²) in [5.74, 6) is -0.0220. The SMILES string of the molecule is Cc1ccc(C(=O)/C=C/N(C)C)cn1. The smallest absolute Gasteiger partial charge is 0.188 e. The van der Waals surface area contributed by atoms with Crippen LogP contribution >= 0.6 is 0 Å². The summed E-state index contributed by atoms with van der Waals surface area (Å²) < 4.78 is 0. The topological polar surface area (TPSA) is 33.2 Å². The molecule has 0 N–H and O–H groups in total. The van der Waals surface area contributed by atoms with E-state index in [1.165, 1.54) is 6.08 Å². The van der Waals surface area contributed by atoms with Gasteiger partial charge >= 0.3 is 0 Å². The molecule has 0 unspecified atom stereocenters. The molecule has 3 heteroatoms. The van der Waals surface area contributed by atoms with Gasteiger partial charge in [0.2, 0.25) is 0 Å². The van der Waals surface area contributed by atoms with Crippen LogP contribution in [0.4, 0.5) is 0 Å². The number of pyridine rings is 1. The fourth-order valence-electron chi connectivity index (χ4n) is 0.927. The molecule has 0 radical (unpaired) electrons. The number of carbonyl (C=O) groups excluding carboxylic acids is 1. The van der Waals surface area contributed by atoms with Crippen molar-refractivity contribution in [3.05, 3.63) is 41.9 Å². The monoisotopic (exact) mass is 190 g/mol. The Bertz CT molecular complexity index is 339. The molecule has 0 fully saturated rings. The quantitative estimate of drug-likeness (QED) is 0.536. The van der Waals surface area contributed by atoms with Crippen LogP contribution in [0.5, 0.6) is 0 Å². The first-order valence-electron chi connectivity index (χ1n) is 4.41. The lowest BCUT2D eigenvalue weighted by Crippen LogP contribution is -2.03. The molecule has 74 valence electrons. The molecule has 3 nitrogen and oxygen atoms in total. The summed E-state index contributed by atoms with van der Waals surface area (Å²) in [5.41, 5.74) is 1.53. The fraction of sp³-hybridized carbons (Fsp3) is 0.273. The number of aromatic nitrogens is 1. The van der Waals surface area contributed by atoms with Crippen LogP contribution < -0.4 is 0 Å². The third-order valence-corrected chi connectivity index (χ3v) is 1.72. The van der Waals surface area contributed by atoms with E-state index in [9.17, 15) is 4.79 Å². The highest BCUT2D eigenvalue weighted by molar-refractivity contribution is 6.04. The normalized spacial score (nSPS) is 10.5. The largest absolute Gasteiger partial charge is 0.383 e. The Kier molecular flexibility index (Phi) is 3.40. The molecular formula is C11H14N2O. The van der Waals surface area contributed by atoms with Crippen molar-refractivity contribution < 1.29 is 4.79 Å². The van der Waals surface area contributed by atoms with Crippen LogP contribution in [0.1, 0.15) is 16.1 Å². The second-order valence-corrected chi connectivity index (χ2v) is 3.33. The van der Waals surface area contributed by atoms with Crippen molar-refractivity contribution in [2.24, 2.45) is 0 Å². The molecule has 0 aliphatic rings. The second kappa shape index (κ2) is 4.56. The minimum absolute atomic E-state index is 0.0220. The van der Waals surface area contributed by atoms with Crippen molar-refractivity contribution in [1.29, 1.82) is 0 Å². The lowest BCUT2D eigenvalue weighted by Gasteiger charge is -2.02. The highest BCUT2D eigenvalue weighted by atomic mass is 16.1. The molecule has 0 aliphatic carbocycles. The van der Waals surface area contributed by atoms with E-state index in [1.807, 2.05) is 32.0 Å². The predicted octanol–water partition coefficient (Wildman–Crippen LogP) is 1.65. The molecule has 14 heavy (non-hydrogen) atoms. The number of ketones is 1. The van der Waals surface area contributed by atoms with Gasteiger partial charge in [-0.15, -0.1) is 0 Å². The van der Waals surface area contributed by atoms with Crippen LogP contribution in [0.2, 0.25) is 0 Å². The third kappa shape index (κ3) is 3.01. The minimum Gasteiger partial charge on any atom is -0.383 e. The van der Waals surface area contributed by atoms with E-state index >= 15 is 0 Å². The van der Waals surface area contributed by atoms with Crippen LogP contribution in [0, 0.1) is 6.92 Å². The van der Waals surface area contributed by atoms with Gasteiger partial charge in [-0.25, -0.2) is 0 Å². The third-order valence-electron chi connectivity index (χ3n) is 1.72. The summed E-state index contributed by atoms with van der Waals surface area (Å²) in [5, 5.41) is 0. The lowest BCUT2D eigenvalue weighted by atomic mass is 10.2. The van der Waals surface area contributed by atoms with E-state index < -0.39 is 0 Å². The van der Waals surface area contributed by atoms with Gasteiger partial charge in [0, 0.05) is 43.8 Å². The Balaban J connectivity index is 2.75.